The number of likely N-dealkylation sites (tertiary alicyclic amines) is 1. The minimum absolute atomic E-state index is 0.0256. The number of pyridine rings is 1. The van der Waals surface area contributed by atoms with Crippen molar-refractivity contribution < 1.29 is 14.3 Å². The lowest BCUT2D eigenvalue weighted by Gasteiger charge is -2.34. The Morgan fingerprint density at radius 1 is 1.08 bits per heavy atom. The average molecular weight is 343 g/mol. The maximum atomic E-state index is 13.1. The maximum absolute atomic E-state index is 13.1. The molecule has 1 saturated heterocycles. The van der Waals surface area contributed by atoms with Crippen molar-refractivity contribution in [2.24, 2.45) is 10.8 Å². The molecule has 25 heavy (non-hydrogen) atoms. The summed E-state index contributed by atoms with van der Waals surface area (Å²) in [4.78, 5) is 32.2. The molecule has 2 saturated carbocycles. The van der Waals surface area contributed by atoms with Crippen LogP contribution in [0.5, 0.6) is 5.88 Å². The highest BCUT2D eigenvalue weighted by molar-refractivity contribution is 6.03. The molecule has 2 amide bonds. The van der Waals surface area contributed by atoms with Crippen LogP contribution in [0.15, 0.2) is 18.3 Å². The first-order valence-electron chi connectivity index (χ1n) is 9.22. The summed E-state index contributed by atoms with van der Waals surface area (Å²) < 4.78 is 5.04. The van der Waals surface area contributed by atoms with Gasteiger partial charge >= 0.3 is 0 Å². The molecule has 1 aromatic heterocycles. The molecule has 0 aromatic carbocycles. The van der Waals surface area contributed by atoms with Crippen molar-refractivity contribution in [3.63, 3.8) is 0 Å². The number of amides is 2. The van der Waals surface area contributed by atoms with E-state index in [1.165, 1.54) is 6.42 Å². The second kappa shape index (κ2) is 6.00. The zero-order valence-electron chi connectivity index (χ0n) is 14.7. The number of nitrogens with one attached hydrogen (secondary N) is 1. The number of carbonyl (C=O) groups excluding carboxylic acids is 2. The van der Waals surface area contributed by atoms with Gasteiger partial charge in [-0.25, -0.2) is 4.98 Å². The molecule has 3 aliphatic rings. The van der Waals surface area contributed by atoms with Gasteiger partial charge in [-0.05, 0) is 51.0 Å². The molecule has 3 fully saturated rings. The third-order valence-electron chi connectivity index (χ3n) is 6.11. The van der Waals surface area contributed by atoms with E-state index in [4.69, 9.17) is 4.74 Å². The van der Waals surface area contributed by atoms with Crippen molar-refractivity contribution in [2.75, 3.05) is 25.5 Å². The Kier molecular flexibility index (Phi) is 3.93. The van der Waals surface area contributed by atoms with Gasteiger partial charge in [-0.15, -0.1) is 0 Å². The molecule has 0 bridgehead atoms. The standard InChI is InChI=1S/C19H25N3O3/c1-25-15-6-5-14(13-20-15)21-16(23)18(7-8-18)19(9-10-19)17(24)22-11-3-2-4-12-22/h5-6,13H,2-4,7-12H2,1H3,(H,21,23). The van der Waals surface area contributed by atoms with Crippen LogP contribution in [0.2, 0.25) is 0 Å². The smallest absolute Gasteiger partial charge is 0.231 e. The van der Waals surface area contributed by atoms with E-state index < -0.39 is 10.8 Å². The molecular weight excluding hydrogens is 318 g/mol. The molecule has 1 N–H and O–H groups in total. The van der Waals surface area contributed by atoms with E-state index in [1.807, 2.05) is 4.90 Å². The van der Waals surface area contributed by atoms with E-state index in [0.29, 0.717) is 11.6 Å². The quantitative estimate of drug-likeness (QED) is 0.892. The topological polar surface area (TPSA) is 71.5 Å². The van der Waals surface area contributed by atoms with E-state index in [0.717, 1.165) is 51.6 Å². The predicted octanol–water partition coefficient (Wildman–Crippen LogP) is 2.60. The molecular formula is C19H25N3O3. The summed E-state index contributed by atoms with van der Waals surface area (Å²) in [7, 11) is 1.56. The number of nitrogens with zero attached hydrogens (tertiary/aromatic N) is 2. The molecule has 6 heteroatoms. The molecule has 6 nitrogen and oxygen atoms in total. The normalized spacial score (nSPS) is 22.8. The molecule has 0 unspecified atom stereocenters. The second-order valence-electron chi connectivity index (χ2n) is 7.56. The van der Waals surface area contributed by atoms with Crippen LogP contribution in [0.1, 0.15) is 44.9 Å². The fourth-order valence-corrected chi connectivity index (χ4v) is 4.30. The number of ether oxygens (including phenoxy) is 1. The van der Waals surface area contributed by atoms with Crippen LogP contribution in [0.4, 0.5) is 5.69 Å². The van der Waals surface area contributed by atoms with Crippen LogP contribution in [-0.2, 0) is 9.59 Å². The van der Waals surface area contributed by atoms with Crippen LogP contribution in [0, 0.1) is 10.8 Å². The number of anilines is 1. The lowest BCUT2D eigenvalue weighted by atomic mass is 9.82. The third kappa shape index (κ3) is 2.68. The lowest BCUT2D eigenvalue weighted by molar-refractivity contribution is -0.144. The zero-order valence-corrected chi connectivity index (χ0v) is 14.7. The Morgan fingerprint density at radius 2 is 1.76 bits per heavy atom. The van der Waals surface area contributed by atoms with Gasteiger partial charge in [0.15, 0.2) is 0 Å². The van der Waals surface area contributed by atoms with Crippen LogP contribution in [0.25, 0.3) is 0 Å². The van der Waals surface area contributed by atoms with Crippen LogP contribution in [-0.4, -0.2) is 41.9 Å². The summed E-state index contributed by atoms with van der Waals surface area (Å²) in [6.07, 6.45) is 8.26. The first-order valence-corrected chi connectivity index (χ1v) is 9.22. The van der Waals surface area contributed by atoms with Gasteiger partial charge in [-0.3, -0.25) is 9.59 Å². The molecule has 2 aliphatic carbocycles. The van der Waals surface area contributed by atoms with Crippen molar-refractivity contribution in [3.8, 4) is 5.88 Å². The maximum Gasteiger partial charge on any atom is 0.231 e. The number of hydrogen-bond donors (Lipinski definition) is 1. The number of carbonyl (C=O) groups is 2. The Hall–Kier alpha value is -2.11. The monoisotopic (exact) mass is 343 g/mol. The van der Waals surface area contributed by atoms with Crippen LogP contribution >= 0.6 is 0 Å². The minimum atomic E-state index is -0.512. The molecule has 4 rings (SSSR count). The van der Waals surface area contributed by atoms with Crippen molar-refractivity contribution in [1.82, 2.24) is 9.88 Å². The Morgan fingerprint density at radius 3 is 2.28 bits per heavy atom. The minimum Gasteiger partial charge on any atom is -0.481 e. The van der Waals surface area contributed by atoms with Crippen molar-refractivity contribution in [2.45, 2.75) is 44.9 Å². The first kappa shape index (κ1) is 16.4. The average Bonchev–Trinajstić information content (AvgIpc) is 3.55. The molecule has 1 aliphatic heterocycles. The Balaban J connectivity index is 1.48. The Labute approximate surface area is 147 Å². The largest absolute Gasteiger partial charge is 0.481 e. The summed E-state index contributed by atoms with van der Waals surface area (Å²) in [5.74, 6) is 0.702. The van der Waals surface area contributed by atoms with Crippen molar-refractivity contribution in [3.05, 3.63) is 18.3 Å². The van der Waals surface area contributed by atoms with Gasteiger partial charge in [0.25, 0.3) is 0 Å². The van der Waals surface area contributed by atoms with E-state index in [-0.39, 0.29) is 11.8 Å². The van der Waals surface area contributed by atoms with Gasteiger partial charge in [0.1, 0.15) is 0 Å². The highest BCUT2D eigenvalue weighted by atomic mass is 16.5. The van der Waals surface area contributed by atoms with Gasteiger partial charge in [0, 0.05) is 19.2 Å². The lowest BCUT2D eigenvalue weighted by Crippen LogP contribution is -2.47. The van der Waals surface area contributed by atoms with E-state index in [2.05, 4.69) is 10.3 Å². The summed E-state index contributed by atoms with van der Waals surface area (Å²) in [5, 5.41) is 2.97. The van der Waals surface area contributed by atoms with Crippen LogP contribution in [0.3, 0.4) is 0 Å². The fourth-order valence-electron chi connectivity index (χ4n) is 4.30. The number of aromatic nitrogens is 1. The van der Waals surface area contributed by atoms with E-state index in [9.17, 15) is 9.59 Å². The van der Waals surface area contributed by atoms with Crippen LogP contribution < -0.4 is 10.1 Å². The fraction of sp³-hybridized carbons (Fsp3) is 0.632. The van der Waals surface area contributed by atoms with Gasteiger partial charge in [0.2, 0.25) is 17.7 Å². The molecule has 0 atom stereocenters. The highest BCUT2D eigenvalue weighted by Gasteiger charge is 2.73. The molecule has 2 heterocycles. The Bertz CT molecular complexity index is 672. The predicted molar refractivity (Wildman–Crippen MR) is 93.2 cm³/mol. The highest BCUT2D eigenvalue weighted by Crippen LogP contribution is 2.71. The molecule has 1 aromatic rings. The number of rotatable bonds is 5. The summed E-state index contributed by atoms with van der Waals surface area (Å²) in [6, 6.07) is 3.51. The molecule has 134 valence electrons. The summed E-state index contributed by atoms with van der Waals surface area (Å²) >= 11 is 0. The number of hydrogen-bond acceptors (Lipinski definition) is 4. The van der Waals surface area contributed by atoms with Gasteiger partial charge in [-0.1, -0.05) is 0 Å². The zero-order chi connectivity index (χ0) is 17.5. The molecule has 0 radical (unpaired) electrons. The SMILES string of the molecule is COc1ccc(NC(=O)C2(C3(C(=O)N4CCCCC4)CC3)CC2)cn1. The summed E-state index contributed by atoms with van der Waals surface area (Å²) in [6.45, 7) is 1.70. The summed E-state index contributed by atoms with van der Waals surface area (Å²) in [5.41, 5.74) is -0.311. The molecule has 0 spiro atoms. The van der Waals surface area contributed by atoms with Gasteiger partial charge < -0.3 is 15.0 Å². The van der Waals surface area contributed by atoms with Crippen molar-refractivity contribution in [1.29, 1.82) is 0 Å². The van der Waals surface area contributed by atoms with E-state index in [1.54, 1.807) is 25.4 Å². The first-order chi connectivity index (χ1) is 12.1. The van der Waals surface area contributed by atoms with E-state index >= 15 is 0 Å². The van der Waals surface area contributed by atoms with Gasteiger partial charge in [-0.2, -0.15) is 0 Å². The van der Waals surface area contributed by atoms with Gasteiger partial charge in [0.05, 0.1) is 29.8 Å². The van der Waals surface area contributed by atoms with Crippen molar-refractivity contribution >= 4 is 17.5 Å². The number of piperidine rings is 1. The second-order valence-corrected chi connectivity index (χ2v) is 7.56. The number of methoxy groups -OCH3 is 1. The third-order valence-corrected chi connectivity index (χ3v) is 6.11.